The van der Waals surface area contributed by atoms with Gasteiger partial charge in [0.25, 0.3) is 0 Å². The molecule has 0 radical (unpaired) electrons. The lowest BCUT2D eigenvalue weighted by molar-refractivity contribution is 0.728. The molecule has 1 aromatic carbocycles. The molecule has 0 amide bonds. The second-order valence-corrected chi connectivity index (χ2v) is 7.08. The molecule has 3 rings (SSSR count). The predicted octanol–water partition coefficient (Wildman–Crippen LogP) is 4.01. The molecule has 28 heavy (non-hydrogen) atoms. The fourth-order valence-electron chi connectivity index (χ4n) is 3.36. The summed E-state index contributed by atoms with van der Waals surface area (Å²) in [6, 6.07) is 6.51. The fraction of sp³-hybridized carbons (Fsp3) is 0.429. The van der Waals surface area contributed by atoms with E-state index in [4.69, 9.17) is 4.99 Å². The number of aryl methyl sites for hydroxylation is 4. The van der Waals surface area contributed by atoms with Crippen LogP contribution in [-0.4, -0.2) is 27.3 Å². The van der Waals surface area contributed by atoms with Crippen molar-refractivity contribution in [2.45, 2.75) is 47.7 Å². The van der Waals surface area contributed by atoms with Crippen LogP contribution in [0.4, 0.5) is 0 Å². The lowest BCUT2D eigenvalue weighted by Gasteiger charge is -2.12. The number of fused-ring (bicyclic) bond motifs is 1. The average Bonchev–Trinajstić information content (AvgIpc) is 3.06. The third kappa shape index (κ3) is 4.68. The van der Waals surface area contributed by atoms with Gasteiger partial charge in [-0.1, -0.05) is 6.07 Å². The molecule has 0 aliphatic carbocycles. The van der Waals surface area contributed by atoms with Crippen LogP contribution < -0.4 is 10.6 Å². The van der Waals surface area contributed by atoms with Gasteiger partial charge in [-0.2, -0.15) is 5.10 Å². The Hall–Kier alpha value is -2.03. The van der Waals surface area contributed by atoms with Gasteiger partial charge < -0.3 is 15.6 Å². The zero-order valence-electron chi connectivity index (χ0n) is 17.6. The number of aliphatic imine (C=N–C) groups is 1. The van der Waals surface area contributed by atoms with E-state index >= 15 is 0 Å². The molecule has 2 aromatic heterocycles. The topological polar surface area (TPSA) is 70.0 Å². The van der Waals surface area contributed by atoms with Gasteiger partial charge in [-0.15, -0.1) is 24.0 Å². The average molecular weight is 494 g/mol. The van der Waals surface area contributed by atoms with Gasteiger partial charge in [-0.25, -0.2) is 4.99 Å². The van der Waals surface area contributed by atoms with E-state index in [0.29, 0.717) is 13.1 Å². The number of aromatic nitrogens is 3. The SMILES string of the molecule is CCNC(=NCc1ccc2[nH]c(C)c(C)c2c1)NCc1c(C)nn(C)c1C.I. The number of H-pyrrole nitrogens is 1. The zero-order chi connectivity index (χ0) is 19.6. The summed E-state index contributed by atoms with van der Waals surface area (Å²) in [7, 11) is 1.98. The van der Waals surface area contributed by atoms with E-state index in [0.717, 1.165) is 18.2 Å². The fourth-order valence-corrected chi connectivity index (χ4v) is 3.36. The number of benzene rings is 1. The Labute approximate surface area is 184 Å². The van der Waals surface area contributed by atoms with Crippen LogP contribution in [0.3, 0.4) is 0 Å². The van der Waals surface area contributed by atoms with Crippen LogP contribution >= 0.6 is 24.0 Å². The molecular weight excluding hydrogens is 463 g/mol. The number of aromatic amines is 1. The lowest BCUT2D eigenvalue weighted by Crippen LogP contribution is -2.37. The molecule has 0 aliphatic rings. The molecule has 0 saturated carbocycles. The van der Waals surface area contributed by atoms with Gasteiger partial charge in [-0.05, 0) is 57.9 Å². The quantitative estimate of drug-likeness (QED) is 0.285. The monoisotopic (exact) mass is 494 g/mol. The molecule has 0 bridgehead atoms. The van der Waals surface area contributed by atoms with Crippen molar-refractivity contribution in [3.05, 3.63) is 52.0 Å². The minimum Gasteiger partial charge on any atom is -0.358 e. The highest BCUT2D eigenvalue weighted by molar-refractivity contribution is 14.0. The summed E-state index contributed by atoms with van der Waals surface area (Å²) in [6.07, 6.45) is 0. The highest BCUT2D eigenvalue weighted by Crippen LogP contribution is 2.22. The maximum atomic E-state index is 4.77. The van der Waals surface area contributed by atoms with Crippen molar-refractivity contribution in [1.82, 2.24) is 25.4 Å². The van der Waals surface area contributed by atoms with E-state index in [1.807, 2.05) is 18.7 Å². The van der Waals surface area contributed by atoms with Crippen molar-refractivity contribution in [3.8, 4) is 0 Å². The summed E-state index contributed by atoms with van der Waals surface area (Å²) in [6.45, 7) is 12.7. The molecule has 2 heterocycles. The highest BCUT2D eigenvalue weighted by atomic mass is 127. The number of hydrogen-bond donors (Lipinski definition) is 3. The van der Waals surface area contributed by atoms with Crippen LogP contribution in [0, 0.1) is 27.7 Å². The van der Waals surface area contributed by atoms with Gasteiger partial charge in [-0.3, -0.25) is 4.68 Å². The molecule has 0 saturated heterocycles. The zero-order valence-corrected chi connectivity index (χ0v) is 19.9. The van der Waals surface area contributed by atoms with Gasteiger partial charge >= 0.3 is 0 Å². The summed E-state index contributed by atoms with van der Waals surface area (Å²) < 4.78 is 1.92. The second kappa shape index (κ2) is 9.45. The maximum Gasteiger partial charge on any atom is 0.191 e. The molecule has 0 spiro atoms. The molecule has 6 nitrogen and oxygen atoms in total. The number of rotatable bonds is 5. The van der Waals surface area contributed by atoms with Gasteiger partial charge in [0.05, 0.1) is 12.2 Å². The first-order valence-electron chi connectivity index (χ1n) is 9.49. The maximum absolute atomic E-state index is 4.77. The molecule has 0 atom stereocenters. The number of guanidine groups is 1. The smallest absolute Gasteiger partial charge is 0.191 e. The summed E-state index contributed by atoms with van der Waals surface area (Å²) >= 11 is 0. The van der Waals surface area contributed by atoms with Crippen molar-refractivity contribution in [2.75, 3.05) is 6.54 Å². The van der Waals surface area contributed by atoms with Gasteiger partial charge in [0.2, 0.25) is 0 Å². The number of nitrogens with one attached hydrogen (secondary N) is 3. The van der Waals surface area contributed by atoms with Crippen LogP contribution in [-0.2, 0) is 20.1 Å². The minimum atomic E-state index is 0. The molecular formula is C21H31IN6. The molecule has 152 valence electrons. The van der Waals surface area contributed by atoms with Crippen LogP contribution in [0.5, 0.6) is 0 Å². The first-order valence-corrected chi connectivity index (χ1v) is 9.49. The normalized spacial score (nSPS) is 11.6. The van der Waals surface area contributed by atoms with Crippen molar-refractivity contribution in [1.29, 1.82) is 0 Å². The van der Waals surface area contributed by atoms with E-state index < -0.39 is 0 Å². The van der Waals surface area contributed by atoms with Gasteiger partial charge in [0.15, 0.2) is 5.96 Å². The van der Waals surface area contributed by atoms with Crippen molar-refractivity contribution in [3.63, 3.8) is 0 Å². The van der Waals surface area contributed by atoms with E-state index in [-0.39, 0.29) is 24.0 Å². The van der Waals surface area contributed by atoms with E-state index in [1.54, 1.807) is 0 Å². The van der Waals surface area contributed by atoms with Crippen LogP contribution in [0.25, 0.3) is 10.9 Å². The minimum absolute atomic E-state index is 0. The predicted molar refractivity (Wildman–Crippen MR) is 128 cm³/mol. The van der Waals surface area contributed by atoms with Crippen LogP contribution in [0.1, 0.15) is 40.7 Å². The summed E-state index contributed by atoms with van der Waals surface area (Å²) in [5, 5.41) is 12.5. The van der Waals surface area contributed by atoms with Crippen molar-refractivity contribution in [2.24, 2.45) is 12.0 Å². The van der Waals surface area contributed by atoms with Crippen LogP contribution in [0.15, 0.2) is 23.2 Å². The van der Waals surface area contributed by atoms with Crippen LogP contribution in [0.2, 0.25) is 0 Å². The molecule has 3 N–H and O–H groups in total. The Morgan fingerprint density at radius 3 is 2.57 bits per heavy atom. The lowest BCUT2D eigenvalue weighted by atomic mass is 10.1. The highest BCUT2D eigenvalue weighted by Gasteiger charge is 2.10. The van der Waals surface area contributed by atoms with Crippen molar-refractivity contribution < 1.29 is 0 Å². The summed E-state index contributed by atoms with van der Waals surface area (Å²) in [5.74, 6) is 0.822. The molecule has 3 aromatic rings. The molecule has 0 aliphatic heterocycles. The van der Waals surface area contributed by atoms with Gasteiger partial charge in [0.1, 0.15) is 0 Å². The molecule has 0 fully saturated rings. The van der Waals surface area contributed by atoms with E-state index in [2.05, 4.69) is 66.6 Å². The number of nitrogens with zero attached hydrogens (tertiary/aromatic N) is 3. The third-order valence-electron chi connectivity index (χ3n) is 5.23. The van der Waals surface area contributed by atoms with E-state index in [1.165, 1.54) is 39.0 Å². The van der Waals surface area contributed by atoms with Crippen molar-refractivity contribution >= 4 is 40.8 Å². The summed E-state index contributed by atoms with van der Waals surface area (Å²) in [5.41, 5.74) is 8.39. The summed E-state index contributed by atoms with van der Waals surface area (Å²) in [4.78, 5) is 8.19. The largest absolute Gasteiger partial charge is 0.358 e. The molecule has 7 heteroatoms. The van der Waals surface area contributed by atoms with E-state index in [9.17, 15) is 0 Å². The second-order valence-electron chi connectivity index (χ2n) is 7.08. The Bertz CT molecular complexity index is 983. The van der Waals surface area contributed by atoms with Gasteiger partial charge in [0, 0.05) is 48.0 Å². The Morgan fingerprint density at radius 2 is 1.93 bits per heavy atom. The first kappa shape index (κ1) is 22.3. The third-order valence-corrected chi connectivity index (χ3v) is 5.23. The number of hydrogen-bond acceptors (Lipinski definition) is 2. The molecule has 0 unspecified atom stereocenters. The number of halogens is 1. The standard InChI is InChI=1S/C21H30N6.HI/c1-7-22-21(24-12-19-15(4)26-27(6)16(19)5)23-11-17-8-9-20-18(10-17)13(2)14(3)25-20;/h8-10,25H,7,11-12H2,1-6H3,(H2,22,23,24);1H. The Morgan fingerprint density at radius 1 is 1.18 bits per heavy atom. The Kier molecular flexibility index (Phi) is 7.51. The Balaban J connectivity index is 0.00000280. The first-order chi connectivity index (χ1) is 12.9.